The standard InChI is InChI=1S/C25H24BrF4NO5/c1-12(25(28,29)30)22(15-6-8-19-20(10-15)36-24(2,27)35-19)23(34)31-18-9-14(5-7-17(18)26)16(11-21(32)33)13-3-4-13/h5-10,12-13,16,22H,3-4,11H2,1-2H3,(H,31,34)(H,32,33)/t12-,16?,22+,24?/m1/s1. The molecule has 1 saturated carbocycles. The molecule has 0 radical (unpaired) electrons. The maximum Gasteiger partial charge on any atom is 0.404 e. The summed E-state index contributed by atoms with van der Waals surface area (Å²) < 4.78 is 65.8. The van der Waals surface area contributed by atoms with Crippen LogP contribution in [0.2, 0.25) is 0 Å². The molecule has 2 unspecified atom stereocenters. The SMILES string of the molecule is C[C@H]([C@H](C(=O)Nc1cc(C(CC(=O)O)C2CC2)ccc1Br)c1ccc2c(c1)OC(C)(F)O2)C(F)(F)F. The molecule has 1 heterocycles. The van der Waals surface area contributed by atoms with Crippen LogP contribution in [0.25, 0.3) is 0 Å². The van der Waals surface area contributed by atoms with Gasteiger partial charge < -0.3 is 19.9 Å². The van der Waals surface area contributed by atoms with E-state index >= 15 is 0 Å². The second-order valence-electron chi connectivity index (χ2n) is 9.32. The lowest BCUT2D eigenvalue weighted by atomic mass is 9.85. The second kappa shape index (κ2) is 9.57. The van der Waals surface area contributed by atoms with E-state index in [1.807, 2.05) is 0 Å². The van der Waals surface area contributed by atoms with Gasteiger partial charge in [-0.15, -0.1) is 0 Å². The van der Waals surface area contributed by atoms with E-state index in [0.717, 1.165) is 26.7 Å². The first kappa shape index (κ1) is 26.2. The number of carboxylic acids is 1. The Bertz CT molecular complexity index is 1180. The number of halogens is 5. The van der Waals surface area contributed by atoms with Crippen LogP contribution < -0.4 is 14.8 Å². The molecule has 1 fully saturated rings. The Morgan fingerprint density at radius 1 is 1.14 bits per heavy atom. The third kappa shape index (κ3) is 5.77. The third-order valence-corrected chi connectivity index (χ3v) is 7.16. The van der Waals surface area contributed by atoms with Gasteiger partial charge in [0.25, 0.3) is 0 Å². The van der Waals surface area contributed by atoms with Crippen molar-refractivity contribution in [3.63, 3.8) is 0 Å². The Labute approximate surface area is 213 Å². The van der Waals surface area contributed by atoms with Crippen LogP contribution in [0.3, 0.4) is 0 Å². The van der Waals surface area contributed by atoms with Gasteiger partial charge in [-0.25, -0.2) is 0 Å². The molecule has 194 valence electrons. The molecule has 0 saturated heterocycles. The molecule has 2 aromatic carbocycles. The van der Waals surface area contributed by atoms with Crippen molar-refractivity contribution in [2.75, 3.05) is 5.32 Å². The topological polar surface area (TPSA) is 84.9 Å². The first-order valence-corrected chi connectivity index (χ1v) is 12.1. The Balaban J connectivity index is 1.65. The van der Waals surface area contributed by atoms with Crippen LogP contribution in [0, 0.1) is 11.8 Å². The minimum absolute atomic E-state index is 0.0163. The van der Waals surface area contributed by atoms with Gasteiger partial charge in [0.2, 0.25) is 5.91 Å². The molecule has 1 aliphatic heterocycles. The van der Waals surface area contributed by atoms with E-state index in [0.29, 0.717) is 10.0 Å². The molecule has 0 bridgehead atoms. The van der Waals surface area contributed by atoms with Crippen molar-refractivity contribution in [3.05, 3.63) is 52.0 Å². The van der Waals surface area contributed by atoms with Gasteiger partial charge in [0, 0.05) is 11.4 Å². The number of carbonyl (C=O) groups is 2. The molecule has 1 amide bonds. The molecule has 4 rings (SSSR count). The van der Waals surface area contributed by atoms with Crippen LogP contribution in [0.4, 0.5) is 23.2 Å². The van der Waals surface area contributed by atoms with Gasteiger partial charge >= 0.3 is 18.2 Å². The van der Waals surface area contributed by atoms with Gasteiger partial charge in [-0.3, -0.25) is 9.59 Å². The number of alkyl halides is 4. The Kier molecular flexibility index (Phi) is 6.98. The lowest BCUT2D eigenvalue weighted by Gasteiger charge is -2.26. The molecule has 1 aliphatic carbocycles. The molecule has 36 heavy (non-hydrogen) atoms. The molecule has 2 aromatic rings. The van der Waals surface area contributed by atoms with Crippen LogP contribution in [0.1, 0.15) is 56.1 Å². The normalized spacial score (nSPS) is 21.5. The summed E-state index contributed by atoms with van der Waals surface area (Å²) in [6.45, 7) is 1.91. The molecule has 2 aliphatic rings. The summed E-state index contributed by atoms with van der Waals surface area (Å²) in [7, 11) is 0. The number of hydrogen-bond acceptors (Lipinski definition) is 4. The fourth-order valence-electron chi connectivity index (χ4n) is 4.48. The molecule has 2 N–H and O–H groups in total. The zero-order chi connectivity index (χ0) is 26.4. The minimum atomic E-state index is -4.70. The van der Waals surface area contributed by atoms with E-state index in [-0.39, 0.29) is 41.0 Å². The number of anilines is 1. The largest absolute Gasteiger partial charge is 0.481 e. The lowest BCUT2D eigenvalue weighted by molar-refractivity contribution is -0.178. The van der Waals surface area contributed by atoms with Crippen molar-refractivity contribution < 1.29 is 41.7 Å². The van der Waals surface area contributed by atoms with E-state index in [1.165, 1.54) is 18.2 Å². The van der Waals surface area contributed by atoms with Crippen molar-refractivity contribution in [1.82, 2.24) is 0 Å². The number of carboxylic acid groups (broad SMARTS) is 1. The Morgan fingerprint density at radius 2 is 1.78 bits per heavy atom. The highest BCUT2D eigenvalue weighted by Gasteiger charge is 2.46. The number of amides is 1. The minimum Gasteiger partial charge on any atom is -0.481 e. The number of carbonyl (C=O) groups excluding carboxylic acids is 1. The molecule has 6 nitrogen and oxygen atoms in total. The summed E-state index contributed by atoms with van der Waals surface area (Å²) in [5, 5.41) is 11.9. The highest BCUT2D eigenvalue weighted by molar-refractivity contribution is 9.10. The number of benzene rings is 2. The number of fused-ring (bicyclic) bond motifs is 1. The Morgan fingerprint density at radius 3 is 2.39 bits per heavy atom. The van der Waals surface area contributed by atoms with Gasteiger partial charge in [-0.1, -0.05) is 19.1 Å². The predicted molar refractivity (Wildman–Crippen MR) is 126 cm³/mol. The second-order valence-corrected chi connectivity index (χ2v) is 10.2. The summed E-state index contributed by atoms with van der Waals surface area (Å²) in [4.78, 5) is 24.7. The number of nitrogens with one attached hydrogen (secondary N) is 1. The number of hydrogen-bond donors (Lipinski definition) is 2. The summed E-state index contributed by atoms with van der Waals surface area (Å²) in [5.41, 5.74) is 0.889. The molecular weight excluding hydrogens is 550 g/mol. The number of ether oxygens (including phenoxy) is 2. The molecule has 4 atom stereocenters. The van der Waals surface area contributed by atoms with Gasteiger partial charge in [-0.2, -0.15) is 17.6 Å². The smallest absolute Gasteiger partial charge is 0.404 e. The van der Waals surface area contributed by atoms with E-state index in [9.17, 15) is 32.3 Å². The van der Waals surface area contributed by atoms with Gasteiger partial charge in [0.1, 0.15) is 0 Å². The van der Waals surface area contributed by atoms with E-state index in [4.69, 9.17) is 9.47 Å². The number of rotatable bonds is 8. The van der Waals surface area contributed by atoms with Crippen LogP contribution in [0.15, 0.2) is 40.9 Å². The van der Waals surface area contributed by atoms with Gasteiger partial charge in [0.05, 0.1) is 23.9 Å². The summed E-state index contributed by atoms with van der Waals surface area (Å²) in [6.07, 6.45) is -3.01. The average molecular weight is 574 g/mol. The van der Waals surface area contributed by atoms with E-state index in [1.54, 1.807) is 18.2 Å². The highest BCUT2D eigenvalue weighted by atomic mass is 79.9. The maximum atomic E-state index is 14.1. The lowest BCUT2D eigenvalue weighted by Crippen LogP contribution is -2.34. The van der Waals surface area contributed by atoms with Crippen LogP contribution in [-0.4, -0.2) is 29.2 Å². The zero-order valence-electron chi connectivity index (χ0n) is 19.4. The third-order valence-electron chi connectivity index (χ3n) is 6.47. The van der Waals surface area contributed by atoms with Crippen molar-refractivity contribution >= 4 is 33.5 Å². The monoisotopic (exact) mass is 573 g/mol. The van der Waals surface area contributed by atoms with Crippen molar-refractivity contribution in [2.24, 2.45) is 11.8 Å². The average Bonchev–Trinajstić information content (AvgIpc) is 3.55. The molecule has 11 heteroatoms. The Hall–Kier alpha value is -2.82. The highest BCUT2D eigenvalue weighted by Crippen LogP contribution is 2.47. The maximum absolute atomic E-state index is 14.1. The van der Waals surface area contributed by atoms with Crippen LogP contribution in [-0.2, 0) is 9.59 Å². The van der Waals surface area contributed by atoms with E-state index in [2.05, 4.69) is 21.2 Å². The summed E-state index contributed by atoms with van der Waals surface area (Å²) >= 11 is 3.32. The fourth-order valence-corrected chi connectivity index (χ4v) is 4.82. The molecule has 0 aromatic heterocycles. The zero-order valence-corrected chi connectivity index (χ0v) is 21.0. The van der Waals surface area contributed by atoms with Crippen molar-refractivity contribution in [1.29, 1.82) is 0 Å². The first-order chi connectivity index (χ1) is 16.7. The van der Waals surface area contributed by atoms with Gasteiger partial charge in [-0.05, 0) is 76.0 Å². The fraction of sp³-hybridized carbons (Fsp3) is 0.440. The summed E-state index contributed by atoms with van der Waals surface area (Å²) in [5.74, 6) is -5.79. The molecule has 0 spiro atoms. The van der Waals surface area contributed by atoms with Crippen LogP contribution >= 0.6 is 15.9 Å². The van der Waals surface area contributed by atoms with Crippen molar-refractivity contribution in [3.8, 4) is 11.5 Å². The van der Waals surface area contributed by atoms with E-state index < -0.39 is 35.9 Å². The van der Waals surface area contributed by atoms with Gasteiger partial charge in [0.15, 0.2) is 11.5 Å². The first-order valence-electron chi connectivity index (χ1n) is 11.3. The summed E-state index contributed by atoms with van der Waals surface area (Å²) in [6, 6.07) is 6.22. The van der Waals surface area contributed by atoms with Crippen LogP contribution in [0.5, 0.6) is 11.5 Å². The van der Waals surface area contributed by atoms with Crippen molar-refractivity contribution in [2.45, 2.75) is 57.2 Å². The number of aliphatic carboxylic acids is 1. The molecular formula is C25H24BrF4NO5. The predicted octanol–water partition coefficient (Wildman–Crippen LogP) is 6.75. The quantitative estimate of drug-likeness (QED) is 0.341.